The topological polar surface area (TPSA) is 85.1 Å². The van der Waals surface area contributed by atoms with Crippen LogP contribution in [0.25, 0.3) is 21.6 Å². The van der Waals surface area contributed by atoms with Gasteiger partial charge in [-0.3, -0.25) is 14.3 Å². The van der Waals surface area contributed by atoms with Crippen molar-refractivity contribution in [2.24, 2.45) is 0 Å². The number of rotatable bonds is 4. The molecule has 7 heteroatoms. The minimum atomic E-state index is -1.05. The molecule has 0 saturated carbocycles. The van der Waals surface area contributed by atoms with E-state index in [4.69, 9.17) is 0 Å². The minimum Gasteiger partial charge on any atom is -0.480 e. The maximum Gasteiger partial charge on any atom is 0.326 e. The lowest BCUT2D eigenvalue weighted by molar-refractivity contribution is -0.141. The lowest BCUT2D eigenvalue weighted by Crippen LogP contribution is -2.31. The third-order valence-corrected chi connectivity index (χ3v) is 5.24. The van der Waals surface area contributed by atoms with Crippen LogP contribution in [-0.4, -0.2) is 25.6 Å². The standard InChI is InChI=1S/C17H17N3O3S/c1-4-12(17(22)23)20-14(11-6-5-7-18-8-11)19-15-13(16(20)21)9(2)10(3)24-15/h5-8,12H,4H2,1-3H3,(H,22,23). The number of aryl methyl sites for hydroxylation is 2. The lowest BCUT2D eigenvalue weighted by Gasteiger charge is -2.18. The zero-order valence-corrected chi connectivity index (χ0v) is 14.4. The van der Waals surface area contributed by atoms with Gasteiger partial charge in [0.05, 0.1) is 5.39 Å². The van der Waals surface area contributed by atoms with E-state index in [0.717, 1.165) is 10.4 Å². The highest BCUT2D eigenvalue weighted by molar-refractivity contribution is 7.18. The fraction of sp³-hybridized carbons (Fsp3) is 0.294. The Morgan fingerprint density at radius 3 is 2.75 bits per heavy atom. The van der Waals surface area contributed by atoms with Crippen molar-refractivity contribution in [2.75, 3.05) is 0 Å². The molecule has 0 aromatic carbocycles. The van der Waals surface area contributed by atoms with Crippen LogP contribution in [0.4, 0.5) is 0 Å². The van der Waals surface area contributed by atoms with Crippen molar-refractivity contribution in [3.8, 4) is 11.4 Å². The van der Waals surface area contributed by atoms with E-state index in [1.807, 2.05) is 13.8 Å². The summed E-state index contributed by atoms with van der Waals surface area (Å²) in [5, 5.41) is 10.1. The summed E-state index contributed by atoms with van der Waals surface area (Å²) in [7, 11) is 0. The molecule has 124 valence electrons. The zero-order valence-electron chi connectivity index (χ0n) is 13.6. The van der Waals surface area contributed by atoms with Crippen LogP contribution in [0.1, 0.15) is 29.8 Å². The number of thiophene rings is 1. The number of aromatic nitrogens is 3. The SMILES string of the molecule is CCC(C(=O)O)n1c(-c2cccnc2)nc2sc(C)c(C)c2c1=O. The normalized spacial score (nSPS) is 12.5. The Hall–Kier alpha value is -2.54. The molecule has 1 unspecified atom stereocenters. The molecule has 3 heterocycles. The number of pyridine rings is 1. The minimum absolute atomic E-state index is 0.290. The molecule has 3 rings (SSSR count). The number of nitrogens with zero attached hydrogens (tertiary/aromatic N) is 3. The van der Waals surface area contributed by atoms with Crippen LogP contribution in [-0.2, 0) is 4.79 Å². The van der Waals surface area contributed by atoms with Gasteiger partial charge in [0, 0.05) is 22.8 Å². The summed E-state index contributed by atoms with van der Waals surface area (Å²) < 4.78 is 1.29. The molecule has 24 heavy (non-hydrogen) atoms. The first kappa shape index (κ1) is 16.3. The summed E-state index contributed by atoms with van der Waals surface area (Å²) in [6, 6.07) is 2.55. The summed E-state index contributed by atoms with van der Waals surface area (Å²) in [6.45, 7) is 5.55. The number of carboxylic acids is 1. The Balaban J connectivity index is 2.45. The summed E-state index contributed by atoms with van der Waals surface area (Å²) in [6.07, 6.45) is 3.50. The van der Waals surface area contributed by atoms with E-state index < -0.39 is 12.0 Å². The molecular weight excluding hydrogens is 326 g/mol. The van der Waals surface area contributed by atoms with E-state index in [9.17, 15) is 14.7 Å². The van der Waals surface area contributed by atoms with Crippen molar-refractivity contribution in [1.82, 2.24) is 14.5 Å². The second-order valence-electron chi connectivity index (χ2n) is 5.58. The maximum absolute atomic E-state index is 13.1. The molecule has 0 bridgehead atoms. The van der Waals surface area contributed by atoms with Crippen LogP contribution in [0.3, 0.4) is 0 Å². The van der Waals surface area contributed by atoms with Crippen LogP contribution in [0.5, 0.6) is 0 Å². The quantitative estimate of drug-likeness (QED) is 0.786. The molecule has 0 saturated heterocycles. The van der Waals surface area contributed by atoms with Gasteiger partial charge in [-0.25, -0.2) is 9.78 Å². The largest absolute Gasteiger partial charge is 0.480 e. The van der Waals surface area contributed by atoms with E-state index >= 15 is 0 Å². The van der Waals surface area contributed by atoms with Crippen LogP contribution in [0.2, 0.25) is 0 Å². The Morgan fingerprint density at radius 1 is 1.42 bits per heavy atom. The van der Waals surface area contributed by atoms with Gasteiger partial charge in [0.1, 0.15) is 16.7 Å². The van der Waals surface area contributed by atoms with Crippen molar-refractivity contribution in [1.29, 1.82) is 0 Å². The highest BCUT2D eigenvalue weighted by Crippen LogP contribution is 2.30. The molecule has 3 aromatic rings. The average Bonchev–Trinajstić information content (AvgIpc) is 2.85. The molecule has 0 spiro atoms. The monoisotopic (exact) mass is 343 g/mol. The third-order valence-electron chi connectivity index (χ3n) is 4.14. The molecule has 6 nitrogen and oxygen atoms in total. The van der Waals surface area contributed by atoms with E-state index in [2.05, 4.69) is 9.97 Å². The molecule has 1 atom stereocenters. The maximum atomic E-state index is 13.1. The van der Waals surface area contributed by atoms with Gasteiger partial charge in [0.2, 0.25) is 0 Å². The molecule has 0 fully saturated rings. The lowest BCUT2D eigenvalue weighted by atomic mass is 10.1. The molecular formula is C17H17N3O3S. The third kappa shape index (κ3) is 2.50. The Labute approximate surface area is 142 Å². The van der Waals surface area contributed by atoms with Gasteiger partial charge in [0.15, 0.2) is 0 Å². The van der Waals surface area contributed by atoms with E-state index in [1.54, 1.807) is 31.5 Å². The van der Waals surface area contributed by atoms with Crippen LogP contribution >= 0.6 is 11.3 Å². The van der Waals surface area contributed by atoms with Crippen LogP contribution in [0.15, 0.2) is 29.3 Å². The van der Waals surface area contributed by atoms with E-state index in [-0.39, 0.29) is 12.0 Å². The number of carboxylic acid groups (broad SMARTS) is 1. The van der Waals surface area contributed by atoms with Crippen molar-refractivity contribution in [3.05, 3.63) is 45.3 Å². The summed E-state index contributed by atoms with van der Waals surface area (Å²) in [5.41, 5.74) is 1.18. The van der Waals surface area contributed by atoms with Gasteiger partial charge < -0.3 is 5.11 Å². The van der Waals surface area contributed by atoms with Crippen molar-refractivity contribution in [2.45, 2.75) is 33.2 Å². The molecule has 0 amide bonds. The van der Waals surface area contributed by atoms with Crippen molar-refractivity contribution >= 4 is 27.5 Å². The predicted octanol–water partition coefficient (Wildman–Crippen LogP) is 3.17. The summed E-state index contributed by atoms with van der Waals surface area (Å²) in [5.74, 6) is -0.702. The fourth-order valence-corrected chi connectivity index (χ4v) is 3.78. The predicted molar refractivity (Wildman–Crippen MR) is 93.5 cm³/mol. The van der Waals surface area contributed by atoms with Crippen LogP contribution in [0, 0.1) is 13.8 Å². The molecule has 1 N–H and O–H groups in total. The van der Waals surface area contributed by atoms with Gasteiger partial charge in [-0.1, -0.05) is 6.92 Å². The number of carbonyl (C=O) groups is 1. The molecule has 0 aliphatic heterocycles. The van der Waals surface area contributed by atoms with Gasteiger partial charge in [-0.15, -0.1) is 11.3 Å². The Kier molecular flexibility index (Phi) is 4.19. The van der Waals surface area contributed by atoms with Crippen LogP contribution < -0.4 is 5.56 Å². The zero-order chi connectivity index (χ0) is 17.4. The fourth-order valence-electron chi connectivity index (χ4n) is 2.76. The van der Waals surface area contributed by atoms with Gasteiger partial charge in [-0.2, -0.15) is 0 Å². The van der Waals surface area contributed by atoms with Gasteiger partial charge >= 0.3 is 5.97 Å². The van der Waals surface area contributed by atoms with E-state index in [1.165, 1.54) is 15.9 Å². The first-order valence-corrected chi connectivity index (χ1v) is 8.42. The second kappa shape index (κ2) is 6.16. The summed E-state index contributed by atoms with van der Waals surface area (Å²) >= 11 is 1.45. The average molecular weight is 343 g/mol. The first-order valence-electron chi connectivity index (χ1n) is 7.61. The molecule has 0 aliphatic rings. The second-order valence-corrected chi connectivity index (χ2v) is 6.78. The highest BCUT2D eigenvalue weighted by atomic mass is 32.1. The van der Waals surface area contributed by atoms with Crippen molar-refractivity contribution in [3.63, 3.8) is 0 Å². The van der Waals surface area contributed by atoms with Gasteiger partial charge in [0.25, 0.3) is 5.56 Å². The summed E-state index contributed by atoms with van der Waals surface area (Å²) in [4.78, 5) is 35.1. The van der Waals surface area contributed by atoms with Gasteiger partial charge in [-0.05, 0) is 38.0 Å². The van der Waals surface area contributed by atoms with E-state index in [0.29, 0.717) is 21.6 Å². The molecule has 3 aromatic heterocycles. The number of fused-ring (bicyclic) bond motifs is 1. The molecule has 0 radical (unpaired) electrons. The first-order chi connectivity index (χ1) is 11.5. The number of aliphatic carboxylic acids is 1. The Morgan fingerprint density at radius 2 is 2.17 bits per heavy atom. The Bertz CT molecular complexity index is 976. The smallest absolute Gasteiger partial charge is 0.326 e. The number of hydrogen-bond acceptors (Lipinski definition) is 5. The number of hydrogen-bond donors (Lipinski definition) is 1. The van der Waals surface area contributed by atoms with Crippen molar-refractivity contribution < 1.29 is 9.90 Å². The molecule has 0 aliphatic carbocycles. The highest BCUT2D eigenvalue weighted by Gasteiger charge is 2.26.